The van der Waals surface area contributed by atoms with Crippen molar-refractivity contribution in [1.29, 1.82) is 0 Å². The summed E-state index contributed by atoms with van der Waals surface area (Å²) in [6, 6.07) is 16.0. The van der Waals surface area contributed by atoms with E-state index in [4.69, 9.17) is 9.47 Å². The highest BCUT2D eigenvalue weighted by Crippen LogP contribution is 2.35. The van der Waals surface area contributed by atoms with E-state index in [1.54, 1.807) is 22.1 Å². The molecule has 2 aromatic carbocycles. The van der Waals surface area contributed by atoms with Crippen molar-refractivity contribution in [1.82, 2.24) is 14.8 Å². The van der Waals surface area contributed by atoms with Crippen LogP contribution in [0.4, 0.5) is 14.0 Å². The molecule has 36 heavy (non-hydrogen) atoms. The zero-order chi connectivity index (χ0) is 25.9. The Kier molecular flexibility index (Phi) is 7.78. The second-order valence-corrected chi connectivity index (χ2v) is 10.7. The molecule has 3 atom stereocenters. The molecular weight excluding hydrogens is 481 g/mol. The van der Waals surface area contributed by atoms with E-state index in [9.17, 15) is 14.0 Å². The van der Waals surface area contributed by atoms with Gasteiger partial charge in [-0.25, -0.2) is 14.0 Å². The quantitative estimate of drug-likeness (QED) is 0.436. The summed E-state index contributed by atoms with van der Waals surface area (Å²) in [6.07, 6.45) is 1.81. The number of carbonyl (C=O) groups excluding carboxylic acids is 2. The molecular formula is C27H32FN3O4S. The van der Waals surface area contributed by atoms with Crippen LogP contribution in [0.3, 0.4) is 0 Å². The van der Waals surface area contributed by atoms with Crippen LogP contribution in [0.2, 0.25) is 0 Å². The van der Waals surface area contributed by atoms with Crippen LogP contribution < -0.4 is 0 Å². The summed E-state index contributed by atoms with van der Waals surface area (Å²) in [5.74, 6) is -0.199. The Morgan fingerprint density at radius 2 is 1.83 bits per heavy atom. The van der Waals surface area contributed by atoms with Crippen molar-refractivity contribution in [3.63, 3.8) is 0 Å². The smallest absolute Gasteiger partial charge is 0.410 e. The van der Waals surface area contributed by atoms with E-state index in [2.05, 4.69) is 17.6 Å². The first-order valence-corrected chi connectivity index (χ1v) is 12.5. The van der Waals surface area contributed by atoms with Crippen molar-refractivity contribution in [2.75, 3.05) is 13.1 Å². The number of benzene rings is 2. The maximum absolute atomic E-state index is 12.5. The number of H-pyrrole nitrogens is 1. The van der Waals surface area contributed by atoms with Crippen molar-refractivity contribution in [3.8, 4) is 0 Å². The number of fused-ring (bicyclic) bond motifs is 2. The molecule has 3 aromatic rings. The first-order valence-electron chi connectivity index (χ1n) is 12.0. The Hall–Kier alpha value is -3.20. The molecule has 0 saturated carbocycles. The summed E-state index contributed by atoms with van der Waals surface area (Å²) in [5.41, 5.74) is 1.24. The van der Waals surface area contributed by atoms with Crippen LogP contribution in [-0.2, 0) is 16.1 Å². The van der Waals surface area contributed by atoms with Crippen LogP contribution in [0.5, 0.6) is 0 Å². The average molecular weight is 514 g/mol. The minimum Gasteiger partial charge on any atom is -0.445 e. The molecule has 9 heteroatoms. The number of nitrogens with zero attached hydrogens (tertiary/aromatic N) is 2. The molecule has 192 valence electrons. The van der Waals surface area contributed by atoms with Gasteiger partial charge in [-0.15, -0.1) is 0 Å². The summed E-state index contributed by atoms with van der Waals surface area (Å²) < 4.78 is 23.5. The topological polar surface area (TPSA) is 74.9 Å². The Morgan fingerprint density at radius 3 is 2.56 bits per heavy atom. The van der Waals surface area contributed by atoms with Gasteiger partial charge in [0.05, 0.1) is 12.1 Å². The maximum Gasteiger partial charge on any atom is 0.410 e. The number of carbonyl (C=O) groups is 2. The molecule has 7 nitrogen and oxygen atoms in total. The highest BCUT2D eigenvalue weighted by molar-refractivity contribution is 7.81. The minimum atomic E-state index is -0.547. The largest absolute Gasteiger partial charge is 0.445 e. The fraction of sp³-hybridized carbons (Fsp3) is 0.407. The van der Waals surface area contributed by atoms with Crippen LogP contribution in [0, 0.1) is 5.82 Å². The standard InChI is InChI=1S/C19H26N2O4S.C8H6FN/c1-19(2,3)25-18(23)20-10-9-14-16(20)15(26)11-21(14)17(22)24-12-13-7-5-4-6-8-13;9-7-2-1-6-3-4-10-8(6)5-7/h4-8,14-16,26H,9-12H2,1-3H3;1-5,10H. The Morgan fingerprint density at radius 1 is 1.08 bits per heavy atom. The molecule has 0 bridgehead atoms. The van der Waals surface area contributed by atoms with Crippen molar-refractivity contribution >= 4 is 35.7 Å². The van der Waals surface area contributed by atoms with Gasteiger partial charge in [0.1, 0.15) is 18.0 Å². The maximum atomic E-state index is 12.5. The van der Waals surface area contributed by atoms with E-state index in [1.807, 2.05) is 57.2 Å². The molecule has 2 aliphatic rings. The molecule has 1 N–H and O–H groups in total. The average Bonchev–Trinajstić information content (AvgIpc) is 3.54. The third-order valence-electron chi connectivity index (χ3n) is 6.18. The monoisotopic (exact) mass is 513 g/mol. The second-order valence-electron chi connectivity index (χ2n) is 9.99. The number of amides is 2. The molecule has 3 heterocycles. The molecule has 5 rings (SSSR count). The third kappa shape index (κ3) is 6.13. The molecule has 0 aliphatic carbocycles. The predicted molar refractivity (Wildman–Crippen MR) is 139 cm³/mol. The highest BCUT2D eigenvalue weighted by Gasteiger charge is 2.52. The molecule has 2 saturated heterocycles. The zero-order valence-electron chi connectivity index (χ0n) is 20.7. The van der Waals surface area contributed by atoms with E-state index in [-0.39, 0.29) is 41.9 Å². The Labute approximate surface area is 216 Å². The lowest BCUT2D eigenvalue weighted by atomic mass is 10.1. The number of thiol groups is 1. The number of halogens is 1. The van der Waals surface area contributed by atoms with E-state index >= 15 is 0 Å². The van der Waals surface area contributed by atoms with E-state index in [0.717, 1.165) is 16.5 Å². The van der Waals surface area contributed by atoms with Crippen LogP contribution >= 0.6 is 12.6 Å². The Bertz CT molecular complexity index is 1200. The summed E-state index contributed by atoms with van der Waals surface area (Å²) in [7, 11) is 0. The number of rotatable bonds is 2. The van der Waals surface area contributed by atoms with Crippen molar-refractivity contribution < 1.29 is 23.5 Å². The third-order valence-corrected chi connectivity index (χ3v) is 6.65. The van der Waals surface area contributed by atoms with Crippen LogP contribution in [-0.4, -0.2) is 63.0 Å². The van der Waals surface area contributed by atoms with Crippen molar-refractivity contribution in [2.24, 2.45) is 0 Å². The van der Waals surface area contributed by atoms with Gasteiger partial charge in [0.2, 0.25) is 0 Å². The number of aromatic amines is 1. The minimum absolute atomic E-state index is 0.0757. The van der Waals surface area contributed by atoms with Crippen LogP contribution in [0.25, 0.3) is 10.9 Å². The lowest BCUT2D eigenvalue weighted by Gasteiger charge is -2.29. The number of hydrogen-bond donors (Lipinski definition) is 2. The predicted octanol–water partition coefficient (Wildman–Crippen LogP) is 5.62. The molecule has 0 spiro atoms. The number of hydrogen-bond acceptors (Lipinski definition) is 5. The fourth-order valence-corrected chi connectivity index (χ4v) is 5.15. The van der Waals surface area contributed by atoms with Crippen LogP contribution in [0.15, 0.2) is 60.8 Å². The second kappa shape index (κ2) is 10.8. The summed E-state index contributed by atoms with van der Waals surface area (Å²) >= 11 is 4.63. The lowest BCUT2D eigenvalue weighted by molar-refractivity contribution is 0.0224. The summed E-state index contributed by atoms with van der Waals surface area (Å²) in [5, 5.41) is 0.931. The molecule has 2 amide bonds. The lowest BCUT2D eigenvalue weighted by Crippen LogP contribution is -2.45. The number of ether oxygens (including phenoxy) is 2. The van der Waals surface area contributed by atoms with Crippen molar-refractivity contribution in [3.05, 3.63) is 72.2 Å². The molecule has 2 aliphatic heterocycles. The van der Waals surface area contributed by atoms with Gasteiger partial charge >= 0.3 is 12.2 Å². The molecule has 0 radical (unpaired) electrons. The van der Waals surface area contributed by atoms with Crippen molar-refractivity contribution in [2.45, 2.75) is 56.7 Å². The van der Waals surface area contributed by atoms with Gasteiger partial charge in [0.25, 0.3) is 0 Å². The van der Waals surface area contributed by atoms with E-state index < -0.39 is 5.60 Å². The van der Waals surface area contributed by atoms with Gasteiger partial charge in [-0.1, -0.05) is 30.3 Å². The first-order chi connectivity index (χ1) is 17.1. The highest BCUT2D eigenvalue weighted by atomic mass is 32.1. The Balaban J connectivity index is 0.000000251. The van der Waals surface area contributed by atoms with Gasteiger partial charge < -0.3 is 24.3 Å². The zero-order valence-corrected chi connectivity index (χ0v) is 21.6. The number of aromatic nitrogens is 1. The van der Waals surface area contributed by atoms with Gasteiger partial charge in [0, 0.05) is 30.1 Å². The van der Waals surface area contributed by atoms with Gasteiger partial charge in [0.15, 0.2) is 0 Å². The van der Waals surface area contributed by atoms with Gasteiger partial charge in [-0.05, 0) is 62.4 Å². The van der Waals surface area contributed by atoms with E-state index in [1.165, 1.54) is 12.1 Å². The SMILES string of the molecule is CC(C)(C)OC(=O)N1CCC2C1C(S)CN2C(=O)OCc1ccccc1.Fc1ccc2cc[nH]c2c1. The molecule has 1 aromatic heterocycles. The normalized spacial score (nSPS) is 21.1. The fourth-order valence-electron chi connectivity index (χ4n) is 4.61. The first kappa shape index (κ1) is 25.9. The summed E-state index contributed by atoms with van der Waals surface area (Å²) in [4.78, 5) is 31.3. The van der Waals surface area contributed by atoms with Gasteiger partial charge in [-0.2, -0.15) is 12.6 Å². The van der Waals surface area contributed by atoms with Gasteiger partial charge in [-0.3, -0.25) is 0 Å². The molecule has 2 fully saturated rings. The van der Waals surface area contributed by atoms with Crippen LogP contribution in [0.1, 0.15) is 32.8 Å². The number of likely N-dealkylation sites (tertiary alicyclic amines) is 2. The molecule has 3 unspecified atom stereocenters. The van der Waals surface area contributed by atoms with E-state index in [0.29, 0.717) is 19.5 Å². The summed E-state index contributed by atoms with van der Waals surface area (Å²) in [6.45, 7) is 6.80. The number of nitrogens with one attached hydrogen (secondary N) is 1.